The molecule has 0 unspecified atom stereocenters. The Bertz CT molecular complexity index is 516. The summed E-state index contributed by atoms with van der Waals surface area (Å²) in [5, 5.41) is 2.89. The molecule has 0 saturated heterocycles. The molecule has 2 rings (SSSR count). The van der Waals surface area contributed by atoms with Gasteiger partial charge in [0.1, 0.15) is 0 Å². The zero-order chi connectivity index (χ0) is 12.3. The first-order valence-electron chi connectivity index (χ1n) is 5.66. The van der Waals surface area contributed by atoms with Gasteiger partial charge in [0.25, 0.3) is 5.91 Å². The fourth-order valence-corrected chi connectivity index (χ4v) is 2.71. The minimum Gasteiger partial charge on any atom is -0.321 e. The number of rotatable bonds is 3. The number of nitrogens with one attached hydrogen (secondary N) is 1. The number of hydrogen-bond acceptors (Lipinski definition) is 2. The maximum atomic E-state index is 12.0. The van der Waals surface area contributed by atoms with Gasteiger partial charge in [-0.15, -0.1) is 11.3 Å². The van der Waals surface area contributed by atoms with Crippen molar-refractivity contribution in [2.75, 3.05) is 5.32 Å². The van der Waals surface area contributed by atoms with E-state index in [1.165, 1.54) is 10.4 Å². The Balaban J connectivity index is 2.15. The predicted octanol–water partition coefficient (Wildman–Crippen LogP) is 3.87. The first-order chi connectivity index (χ1) is 8.20. The van der Waals surface area contributed by atoms with Crippen LogP contribution in [0.25, 0.3) is 0 Å². The van der Waals surface area contributed by atoms with Crippen molar-refractivity contribution in [1.29, 1.82) is 0 Å². The summed E-state index contributed by atoms with van der Waals surface area (Å²) in [6.07, 6.45) is 0.973. The van der Waals surface area contributed by atoms with Crippen LogP contribution in [0.15, 0.2) is 36.4 Å². The van der Waals surface area contributed by atoms with Crippen LogP contribution in [-0.2, 0) is 6.42 Å². The van der Waals surface area contributed by atoms with Crippen molar-refractivity contribution in [2.24, 2.45) is 0 Å². The van der Waals surface area contributed by atoms with Gasteiger partial charge in [0.05, 0.1) is 4.88 Å². The third-order valence-corrected chi connectivity index (χ3v) is 3.75. The van der Waals surface area contributed by atoms with Crippen LogP contribution in [0.3, 0.4) is 0 Å². The lowest BCUT2D eigenvalue weighted by atomic mass is 10.2. The molecule has 0 aliphatic carbocycles. The number of amides is 1. The lowest BCUT2D eigenvalue weighted by Crippen LogP contribution is -2.09. The van der Waals surface area contributed by atoms with Gasteiger partial charge >= 0.3 is 0 Å². The molecule has 0 fully saturated rings. The summed E-state index contributed by atoms with van der Waals surface area (Å²) in [5.41, 5.74) is 2.09. The van der Waals surface area contributed by atoms with Gasteiger partial charge in [0, 0.05) is 10.6 Å². The van der Waals surface area contributed by atoms with Crippen molar-refractivity contribution in [3.63, 3.8) is 0 Å². The standard InChI is InChI=1S/C14H15NOS/c1-3-11-9-13(17-10(11)2)14(16)15-12-7-5-4-6-8-12/h4-9H,3H2,1-2H3,(H,15,16). The second-order valence-corrected chi connectivity index (χ2v) is 5.12. The van der Waals surface area contributed by atoms with Crippen molar-refractivity contribution in [3.8, 4) is 0 Å². The van der Waals surface area contributed by atoms with Gasteiger partial charge in [-0.3, -0.25) is 4.79 Å². The molecule has 0 aliphatic heterocycles. The van der Waals surface area contributed by atoms with Gasteiger partial charge in [-0.2, -0.15) is 0 Å². The molecular formula is C14H15NOS. The lowest BCUT2D eigenvalue weighted by molar-refractivity contribution is 0.103. The van der Waals surface area contributed by atoms with Gasteiger partial charge < -0.3 is 5.32 Å². The Hall–Kier alpha value is -1.61. The Morgan fingerprint density at radius 1 is 1.29 bits per heavy atom. The average molecular weight is 245 g/mol. The smallest absolute Gasteiger partial charge is 0.265 e. The molecule has 2 nitrogen and oxygen atoms in total. The van der Waals surface area contributed by atoms with Gasteiger partial charge in [0.15, 0.2) is 0 Å². The van der Waals surface area contributed by atoms with E-state index in [1.807, 2.05) is 36.4 Å². The average Bonchev–Trinajstić information content (AvgIpc) is 2.72. The highest BCUT2D eigenvalue weighted by Crippen LogP contribution is 2.23. The molecule has 3 heteroatoms. The maximum absolute atomic E-state index is 12.0. The summed E-state index contributed by atoms with van der Waals surface area (Å²) >= 11 is 1.55. The van der Waals surface area contributed by atoms with Crippen molar-refractivity contribution in [3.05, 3.63) is 51.7 Å². The molecule has 0 bridgehead atoms. The molecular weight excluding hydrogens is 230 g/mol. The molecule has 17 heavy (non-hydrogen) atoms. The topological polar surface area (TPSA) is 29.1 Å². The van der Waals surface area contributed by atoms with Gasteiger partial charge in [0.2, 0.25) is 0 Å². The zero-order valence-electron chi connectivity index (χ0n) is 9.99. The molecule has 1 N–H and O–H groups in total. The second kappa shape index (κ2) is 5.15. The summed E-state index contributed by atoms with van der Waals surface area (Å²) in [6, 6.07) is 11.5. The molecule has 1 aromatic carbocycles. The van der Waals surface area contributed by atoms with E-state index < -0.39 is 0 Å². The maximum Gasteiger partial charge on any atom is 0.265 e. The molecule has 1 amide bonds. The van der Waals surface area contributed by atoms with Crippen LogP contribution < -0.4 is 5.32 Å². The lowest BCUT2D eigenvalue weighted by Gasteiger charge is -2.02. The van der Waals surface area contributed by atoms with E-state index >= 15 is 0 Å². The van der Waals surface area contributed by atoms with E-state index in [0.29, 0.717) is 0 Å². The fourth-order valence-electron chi connectivity index (χ4n) is 1.70. The Labute approximate surface area is 105 Å². The first-order valence-corrected chi connectivity index (χ1v) is 6.48. The van der Waals surface area contributed by atoms with Gasteiger partial charge in [-0.05, 0) is 37.1 Å². The number of thiophene rings is 1. The van der Waals surface area contributed by atoms with Crippen molar-refractivity contribution >= 4 is 22.9 Å². The third kappa shape index (κ3) is 2.74. The van der Waals surface area contributed by atoms with Crippen LogP contribution >= 0.6 is 11.3 Å². The predicted molar refractivity (Wildman–Crippen MR) is 72.8 cm³/mol. The molecule has 1 heterocycles. The molecule has 0 spiro atoms. The summed E-state index contributed by atoms with van der Waals surface area (Å²) in [4.78, 5) is 14.0. The zero-order valence-corrected chi connectivity index (χ0v) is 10.8. The highest BCUT2D eigenvalue weighted by molar-refractivity contribution is 7.14. The van der Waals surface area contributed by atoms with Crippen LogP contribution in [0.5, 0.6) is 0 Å². The van der Waals surface area contributed by atoms with Crippen LogP contribution in [0.2, 0.25) is 0 Å². The van der Waals surface area contributed by atoms with Crippen molar-refractivity contribution in [1.82, 2.24) is 0 Å². The number of anilines is 1. The normalized spacial score (nSPS) is 10.2. The minimum atomic E-state index is -0.0241. The quantitative estimate of drug-likeness (QED) is 0.873. The second-order valence-electron chi connectivity index (χ2n) is 3.87. The van der Waals surface area contributed by atoms with Crippen molar-refractivity contribution in [2.45, 2.75) is 20.3 Å². The van der Waals surface area contributed by atoms with Gasteiger partial charge in [-0.1, -0.05) is 25.1 Å². The van der Waals surface area contributed by atoms with E-state index in [-0.39, 0.29) is 5.91 Å². The summed E-state index contributed by atoms with van der Waals surface area (Å²) < 4.78 is 0. The Kier molecular flexibility index (Phi) is 3.59. The number of aryl methyl sites for hydroxylation is 2. The summed E-state index contributed by atoms with van der Waals surface area (Å²) in [6.45, 7) is 4.16. The summed E-state index contributed by atoms with van der Waals surface area (Å²) in [7, 11) is 0. The Morgan fingerprint density at radius 2 is 2.00 bits per heavy atom. The minimum absolute atomic E-state index is 0.0241. The van der Waals surface area contributed by atoms with E-state index in [4.69, 9.17) is 0 Å². The van der Waals surface area contributed by atoms with Crippen molar-refractivity contribution < 1.29 is 4.79 Å². The van der Waals surface area contributed by atoms with Gasteiger partial charge in [-0.25, -0.2) is 0 Å². The molecule has 0 radical (unpaired) electrons. The fraction of sp³-hybridized carbons (Fsp3) is 0.214. The number of benzene rings is 1. The van der Waals surface area contributed by atoms with E-state index in [1.54, 1.807) is 11.3 Å². The Morgan fingerprint density at radius 3 is 2.59 bits per heavy atom. The van der Waals surface area contributed by atoms with Crippen LogP contribution in [-0.4, -0.2) is 5.91 Å². The van der Waals surface area contributed by atoms with Crippen LogP contribution in [0, 0.1) is 6.92 Å². The number of para-hydroxylation sites is 1. The van der Waals surface area contributed by atoms with Crippen LogP contribution in [0.1, 0.15) is 27.0 Å². The molecule has 0 aliphatic rings. The molecule has 0 saturated carbocycles. The molecule has 2 aromatic rings. The van der Waals surface area contributed by atoms with Crippen LogP contribution in [0.4, 0.5) is 5.69 Å². The highest BCUT2D eigenvalue weighted by Gasteiger charge is 2.11. The molecule has 88 valence electrons. The number of carbonyl (C=O) groups is 1. The molecule has 0 atom stereocenters. The first kappa shape index (κ1) is 11.9. The number of hydrogen-bond donors (Lipinski definition) is 1. The largest absolute Gasteiger partial charge is 0.321 e. The van der Waals surface area contributed by atoms with E-state index in [9.17, 15) is 4.79 Å². The molecule has 1 aromatic heterocycles. The van der Waals surface area contributed by atoms with E-state index in [2.05, 4.69) is 19.2 Å². The monoisotopic (exact) mass is 245 g/mol. The SMILES string of the molecule is CCc1cc(C(=O)Nc2ccccc2)sc1C. The summed E-state index contributed by atoms with van der Waals surface area (Å²) in [5.74, 6) is -0.0241. The van der Waals surface area contributed by atoms with E-state index in [0.717, 1.165) is 17.0 Å². The third-order valence-electron chi connectivity index (χ3n) is 2.66. The highest BCUT2D eigenvalue weighted by atomic mass is 32.1. The number of carbonyl (C=O) groups excluding carboxylic acids is 1.